The quantitative estimate of drug-likeness (QED) is 0.905. The molecular formula is C16H20N4O3. The van der Waals surface area contributed by atoms with Crippen LogP contribution in [0, 0.1) is 12.8 Å². The van der Waals surface area contributed by atoms with E-state index in [-0.39, 0.29) is 17.6 Å². The van der Waals surface area contributed by atoms with E-state index in [2.05, 4.69) is 15.0 Å². The summed E-state index contributed by atoms with van der Waals surface area (Å²) in [7, 11) is 0. The highest BCUT2D eigenvalue weighted by atomic mass is 16.4. The molecule has 3 heterocycles. The number of β-amino-alcohol motifs (C(OH)–C–C–N with tert-alkyl or cyclic N) is 1. The predicted molar refractivity (Wildman–Crippen MR) is 81.8 cm³/mol. The van der Waals surface area contributed by atoms with Crippen LogP contribution in [-0.2, 0) is 12.8 Å². The molecule has 0 aliphatic carbocycles. The maximum absolute atomic E-state index is 12.6. The fraction of sp³-hybridized carbons (Fsp3) is 0.500. The van der Waals surface area contributed by atoms with Gasteiger partial charge in [0.05, 0.1) is 17.5 Å². The number of carbonyl (C=O) groups excluding carboxylic acids is 1. The molecule has 0 saturated carbocycles. The van der Waals surface area contributed by atoms with E-state index in [1.165, 1.54) is 0 Å². The van der Waals surface area contributed by atoms with Crippen LogP contribution in [0.5, 0.6) is 0 Å². The third-order valence-corrected chi connectivity index (χ3v) is 4.12. The number of oxazole rings is 1. The predicted octanol–water partition coefficient (Wildman–Crippen LogP) is 1.01. The highest BCUT2D eigenvalue weighted by molar-refractivity contribution is 5.92. The molecule has 122 valence electrons. The van der Waals surface area contributed by atoms with E-state index in [1.807, 2.05) is 6.92 Å². The van der Waals surface area contributed by atoms with E-state index in [4.69, 9.17) is 4.42 Å². The molecule has 0 bridgehead atoms. The average Bonchev–Trinajstić information content (AvgIpc) is 3.11. The fourth-order valence-electron chi connectivity index (χ4n) is 2.87. The van der Waals surface area contributed by atoms with Gasteiger partial charge in [0.1, 0.15) is 0 Å². The minimum atomic E-state index is -0.574. The fourth-order valence-corrected chi connectivity index (χ4v) is 2.87. The first-order chi connectivity index (χ1) is 11.1. The molecule has 3 rings (SSSR count). The van der Waals surface area contributed by atoms with Gasteiger partial charge in [0.2, 0.25) is 5.76 Å². The zero-order chi connectivity index (χ0) is 16.4. The van der Waals surface area contributed by atoms with Crippen LogP contribution >= 0.6 is 0 Å². The lowest BCUT2D eigenvalue weighted by molar-refractivity contribution is 0.0731. The molecule has 7 nitrogen and oxygen atoms in total. The number of carbonyl (C=O) groups is 1. The molecule has 1 amide bonds. The number of aryl methyl sites for hydroxylation is 2. The van der Waals surface area contributed by atoms with Crippen LogP contribution in [0.15, 0.2) is 23.0 Å². The van der Waals surface area contributed by atoms with Crippen molar-refractivity contribution in [3.05, 3.63) is 41.6 Å². The molecule has 1 N–H and O–H groups in total. The largest absolute Gasteiger partial charge is 0.435 e. The lowest BCUT2D eigenvalue weighted by Crippen LogP contribution is -2.29. The highest BCUT2D eigenvalue weighted by Gasteiger charge is 2.36. The van der Waals surface area contributed by atoms with Crippen LogP contribution in [0.1, 0.15) is 34.8 Å². The Bertz CT molecular complexity index is 686. The summed E-state index contributed by atoms with van der Waals surface area (Å²) in [6, 6.07) is 0. The summed E-state index contributed by atoms with van der Waals surface area (Å²) in [4.78, 5) is 26.7. The van der Waals surface area contributed by atoms with E-state index >= 15 is 0 Å². The van der Waals surface area contributed by atoms with E-state index in [1.54, 1.807) is 30.4 Å². The molecule has 7 heteroatoms. The average molecular weight is 316 g/mol. The topological polar surface area (TPSA) is 92.4 Å². The molecule has 1 aliphatic rings. The monoisotopic (exact) mass is 316 g/mol. The number of aliphatic hydroxyl groups is 1. The highest BCUT2D eigenvalue weighted by Crippen LogP contribution is 2.23. The first-order valence-corrected chi connectivity index (χ1v) is 7.77. The van der Waals surface area contributed by atoms with Crippen LogP contribution in [0.4, 0.5) is 0 Å². The summed E-state index contributed by atoms with van der Waals surface area (Å²) < 4.78 is 5.52. The Balaban J connectivity index is 1.70. The molecule has 2 aromatic heterocycles. The molecule has 0 aromatic carbocycles. The molecular weight excluding hydrogens is 296 g/mol. The summed E-state index contributed by atoms with van der Waals surface area (Å²) in [5, 5.41) is 10.2. The minimum absolute atomic E-state index is 0.0514. The van der Waals surface area contributed by atoms with Gasteiger partial charge in [0, 0.05) is 44.0 Å². The van der Waals surface area contributed by atoms with Gasteiger partial charge in [-0.15, -0.1) is 0 Å². The number of aromatic nitrogens is 3. The van der Waals surface area contributed by atoms with Gasteiger partial charge in [-0.05, 0) is 13.3 Å². The SMILES string of the molecule is CCc1nc(C)c(C(=O)N2C[C@@H](Cc3cnccn3)[C@H](O)C2)o1. The normalized spacial score (nSPS) is 20.9. The standard InChI is InChI=1S/C16H20N4O3/c1-3-14-19-10(2)15(23-14)16(22)20-8-11(13(21)9-20)6-12-7-17-4-5-18-12/h4-5,7,11,13,21H,3,6,8-9H2,1-2H3/t11-,13-/m1/s1. The van der Waals surface area contributed by atoms with Crippen molar-refractivity contribution in [1.29, 1.82) is 0 Å². The Morgan fingerprint density at radius 3 is 2.91 bits per heavy atom. The molecule has 1 fully saturated rings. The van der Waals surface area contributed by atoms with E-state index in [0.717, 1.165) is 5.69 Å². The summed E-state index contributed by atoms with van der Waals surface area (Å²) in [6.07, 6.45) is 5.59. The number of rotatable bonds is 4. The van der Waals surface area contributed by atoms with Gasteiger partial charge in [-0.2, -0.15) is 0 Å². The number of amides is 1. The van der Waals surface area contributed by atoms with Gasteiger partial charge < -0.3 is 14.4 Å². The van der Waals surface area contributed by atoms with Crippen molar-refractivity contribution in [2.24, 2.45) is 5.92 Å². The van der Waals surface area contributed by atoms with Crippen molar-refractivity contribution < 1.29 is 14.3 Å². The van der Waals surface area contributed by atoms with Gasteiger partial charge in [-0.25, -0.2) is 4.98 Å². The second-order valence-corrected chi connectivity index (χ2v) is 5.81. The van der Waals surface area contributed by atoms with E-state index in [9.17, 15) is 9.90 Å². The maximum atomic E-state index is 12.6. The zero-order valence-corrected chi connectivity index (χ0v) is 13.3. The molecule has 2 aromatic rings. The number of aliphatic hydroxyl groups excluding tert-OH is 1. The summed E-state index contributed by atoms with van der Waals surface area (Å²) in [5.74, 6) is 0.566. The second kappa shape index (κ2) is 6.45. The van der Waals surface area contributed by atoms with Crippen molar-refractivity contribution in [1.82, 2.24) is 19.9 Å². The number of likely N-dealkylation sites (tertiary alicyclic amines) is 1. The molecule has 1 saturated heterocycles. The summed E-state index contributed by atoms with van der Waals surface area (Å²) >= 11 is 0. The molecule has 0 radical (unpaired) electrons. The molecule has 0 spiro atoms. The van der Waals surface area contributed by atoms with E-state index in [0.29, 0.717) is 37.5 Å². The van der Waals surface area contributed by atoms with Crippen molar-refractivity contribution in [3.8, 4) is 0 Å². The van der Waals surface area contributed by atoms with Crippen LogP contribution in [0.3, 0.4) is 0 Å². The van der Waals surface area contributed by atoms with Crippen molar-refractivity contribution in [2.45, 2.75) is 32.8 Å². The second-order valence-electron chi connectivity index (χ2n) is 5.81. The summed E-state index contributed by atoms with van der Waals surface area (Å²) in [6.45, 7) is 4.46. The third kappa shape index (κ3) is 3.24. The number of hydrogen-bond donors (Lipinski definition) is 1. The van der Waals surface area contributed by atoms with Gasteiger partial charge >= 0.3 is 0 Å². The summed E-state index contributed by atoms with van der Waals surface area (Å²) in [5.41, 5.74) is 1.41. The first-order valence-electron chi connectivity index (χ1n) is 7.77. The Hall–Kier alpha value is -2.28. The number of hydrogen-bond acceptors (Lipinski definition) is 6. The Morgan fingerprint density at radius 1 is 1.43 bits per heavy atom. The first kappa shape index (κ1) is 15.6. The van der Waals surface area contributed by atoms with Crippen LogP contribution in [0.25, 0.3) is 0 Å². The molecule has 1 aliphatic heterocycles. The molecule has 23 heavy (non-hydrogen) atoms. The van der Waals surface area contributed by atoms with Crippen molar-refractivity contribution >= 4 is 5.91 Å². The lowest BCUT2D eigenvalue weighted by atomic mass is 10.0. The minimum Gasteiger partial charge on any atom is -0.435 e. The van der Waals surface area contributed by atoms with E-state index < -0.39 is 6.10 Å². The molecule has 0 unspecified atom stereocenters. The Kier molecular flexibility index (Phi) is 4.38. The molecule has 2 atom stereocenters. The number of nitrogens with zero attached hydrogens (tertiary/aromatic N) is 4. The van der Waals surface area contributed by atoms with Crippen LogP contribution in [-0.4, -0.2) is 50.1 Å². The van der Waals surface area contributed by atoms with Crippen molar-refractivity contribution in [3.63, 3.8) is 0 Å². The van der Waals surface area contributed by atoms with Gasteiger partial charge in [-0.1, -0.05) is 6.92 Å². The maximum Gasteiger partial charge on any atom is 0.291 e. The Morgan fingerprint density at radius 2 is 2.26 bits per heavy atom. The van der Waals surface area contributed by atoms with Gasteiger partial charge in [0.15, 0.2) is 5.89 Å². The zero-order valence-electron chi connectivity index (χ0n) is 13.3. The van der Waals surface area contributed by atoms with Crippen LogP contribution < -0.4 is 0 Å². The smallest absolute Gasteiger partial charge is 0.291 e. The van der Waals surface area contributed by atoms with Crippen LogP contribution in [0.2, 0.25) is 0 Å². The van der Waals surface area contributed by atoms with Crippen molar-refractivity contribution in [2.75, 3.05) is 13.1 Å². The Labute approximate surface area is 134 Å². The van der Waals surface area contributed by atoms with Gasteiger partial charge in [0.25, 0.3) is 5.91 Å². The lowest BCUT2D eigenvalue weighted by Gasteiger charge is -2.14. The third-order valence-electron chi connectivity index (χ3n) is 4.12. The van der Waals surface area contributed by atoms with Gasteiger partial charge in [-0.3, -0.25) is 14.8 Å².